The van der Waals surface area contributed by atoms with Crippen LogP contribution in [0.25, 0.3) is 0 Å². The predicted octanol–water partition coefficient (Wildman–Crippen LogP) is -0.517. The quantitative estimate of drug-likeness (QED) is 0.219. The summed E-state index contributed by atoms with van der Waals surface area (Å²) < 4.78 is 27.2. The Morgan fingerprint density at radius 3 is 2.14 bits per heavy atom. The molecule has 0 aliphatic heterocycles. The van der Waals surface area contributed by atoms with Crippen LogP contribution in [-0.4, -0.2) is 77.8 Å². The van der Waals surface area contributed by atoms with E-state index in [1.165, 1.54) is 12.4 Å². The van der Waals surface area contributed by atoms with E-state index in [9.17, 15) is 9.13 Å². The van der Waals surface area contributed by atoms with Crippen LogP contribution in [0.4, 0.5) is 0 Å². The summed E-state index contributed by atoms with van der Waals surface area (Å²) in [5, 5.41) is 2.19. The molecule has 0 amide bonds. The molecular weight excluding hydrogens is 347 g/mol. The second-order valence-electron chi connectivity index (χ2n) is 4.09. The monoisotopic (exact) mass is 364 g/mol. The predicted molar refractivity (Wildman–Crippen MR) is 78.4 cm³/mol. The second kappa shape index (κ2) is 10.1. The summed E-state index contributed by atoms with van der Waals surface area (Å²) in [7, 11) is -9.85. The average molecular weight is 364 g/mol. The molecule has 1 heterocycles. The maximum atomic E-state index is 11.0. The minimum absolute atomic E-state index is 0. The fourth-order valence-corrected chi connectivity index (χ4v) is 3.72. The zero-order valence-electron chi connectivity index (χ0n) is 11.9. The largest absolute Gasteiger partial charge is 0.463 e. The van der Waals surface area contributed by atoms with E-state index in [-0.39, 0.29) is 48.7 Å². The molecule has 0 aliphatic rings. The molecule has 0 fully saturated rings. The summed E-state index contributed by atoms with van der Waals surface area (Å²) in [5.41, 5.74) is -2.18. The van der Waals surface area contributed by atoms with Crippen LogP contribution in [-0.2, 0) is 9.13 Å². The Morgan fingerprint density at radius 1 is 1.09 bits per heavy atom. The van der Waals surface area contributed by atoms with Gasteiger partial charge in [0.15, 0.2) is 0 Å². The van der Waals surface area contributed by atoms with Gasteiger partial charge in [-0.1, -0.05) is 0 Å². The average Bonchev–Trinajstić information content (AvgIpc) is 2.35. The van der Waals surface area contributed by atoms with Gasteiger partial charge in [0.1, 0.15) is 0 Å². The first-order chi connectivity index (χ1) is 9.71. The topological polar surface area (TPSA) is 162 Å². The van der Waals surface area contributed by atoms with Gasteiger partial charge in [-0.05, 0) is 25.5 Å². The molecule has 13 heteroatoms. The van der Waals surface area contributed by atoms with Crippen molar-refractivity contribution in [2.75, 3.05) is 13.2 Å². The van der Waals surface area contributed by atoms with Gasteiger partial charge in [-0.15, -0.1) is 0 Å². The summed E-state index contributed by atoms with van der Waals surface area (Å²) in [6.07, 6.45) is 3.95. The summed E-state index contributed by atoms with van der Waals surface area (Å²) in [5.74, 6) is 0. The maximum absolute atomic E-state index is 11.0. The van der Waals surface area contributed by atoms with Gasteiger partial charge in [-0.25, -0.2) is 9.97 Å². The van der Waals surface area contributed by atoms with Gasteiger partial charge < -0.3 is 24.3 Å². The van der Waals surface area contributed by atoms with Crippen molar-refractivity contribution in [3.8, 4) is 6.01 Å². The van der Waals surface area contributed by atoms with Crippen molar-refractivity contribution < 1.29 is 33.4 Å². The van der Waals surface area contributed by atoms with Gasteiger partial charge in [0.2, 0.25) is 5.52 Å². The van der Waals surface area contributed by atoms with Gasteiger partial charge in [0, 0.05) is 42.0 Å². The molecule has 1 aromatic heterocycles. The number of rotatable bonds is 9. The number of aromatic nitrogens is 2. The third-order valence-electron chi connectivity index (χ3n) is 2.31. The van der Waals surface area contributed by atoms with Gasteiger partial charge in [0.25, 0.3) is 0 Å². The zero-order valence-corrected chi connectivity index (χ0v) is 15.7. The third kappa shape index (κ3) is 8.69. The van der Waals surface area contributed by atoms with E-state index in [4.69, 9.17) is 24.3 Å². The molecule has 0 unspecified atom stereocenters. The fraction of sp³-hybridized carbons (Fsp3) is 0.556. The van der Waals surface area contributed by atoms with E-state index in [1.807, 2.05) is 0 Å². The molecule has 1 rings (SSSR count). The molecule has 1 radical (unpaired) electrons. The Balaban J connectivity index is 0.00000441. The Morgan fingerprint density at radius 2 is 1.64 bits per heavy atom. The van der Waals surface area contributed by atoms with Crippen LogP contribution in [0.3, 0.4) is 0 Å². The fourth-order valence-electron chi connectivity index (χ4n) is 1.42. The van der Waals surface area contributed by atoms with Crippen LogP contribution in [0.1, 0.15) is 12.8 Å². The molecule has 0 atom stereocenters. The van der Waals surface area contributed by atoms with E-state index in [1.54, 1.807) is 6.07 Å². The van der Waals surface area contributed by atoms with Crippen molar-refractivity contribution in [3.63, 3.8) is 0 Å². The molecule has 121 valence electrons. The maximum Gasteiger partial charge on any atom is 0.354 e. The second-order valence-corrected chi connectivity index (χ2v) is 7.89. The molecule has 0 aromatic carbocycles. The first kappa shape index (κ1) is 22.1. The van der Waals surface area contributed by atoms with Crippen molar-refractivity contribution in [3.05, 3.63) is 18.5 Å². The van der Waals surface area contributed by atoms with Crippen LogP contribution in [0.15, 0.2) is 18.5 Å². The first-order valence-corrected chi connectivity index (χ1v) is 9.31. The van der Waals surface area contributed by atoms with E-state index >= 15 is 0 Å². The molecule has 1 aromatic rings. The number of hydrogen-bond donors (Lipinski definition) is 5. The zero-order chi connectivity index (χ0) is 15.9. The van der Waals surface area contributed by atoms with Crippen LogP contribution in [0.2, 0.25) is 0 Å². The Kier molecular flexibility index (Phi) is 10.2. The molecule has 22 heavy (non-hydrogen) atoms. The number of unbranched alkanes of at least 4 members (excludes halogenated alkanes) is 1. The molecular formula is C9H17N3NaO7P2. The Bertz CT molecular complexity index is 501. The Labute approximate surface area is 149 Å². The minimum Gasteiger partial charge on any atom is -0.463 e. The normalized spacial score (nSPS) is 12.0. The standard InChI is InChI=1S/C9H17N3O7P2.Na/c13-20(14,15)9(21(16,17)18)12-4-1-2-7-19-8-10-5-3-6-11-8;/h3,5-6,9,12H,1-2,4,7H2,(H2,13,14,15)(H2,16,17,18);. The number of hydrogen-bond acceptors (Lipinski definition) is 6. The van der Waals surface area contributed by atoms with Crippen molar-refractivity contribution in [1.82, 2.24) is 15.3 Å². The summed E-state index contributed by atoms with van der Waals surface area (Å²) >= 11 is 0. The molecule has 5 N–H and O–H groups in total. The van der Waals surface area contributed by atoms with Crippen LogP contribution < -0.4 is 10.1 Å². The van der Waals surface area contributed by atoms with Crippen molar-refractivity contribution in [1.29, 1.82) is 0 Å². The minimum atomic E-state index is -4.93. The van der Waals surface area contributed by atoms with Crippen molar-refractivity contribution >= 4 is 44.7 Å². The smallest absolute Gasteiger partial charge is 0.354 e. The van der Waals surface area contributed by atoms with Crippen LogP contribution in [0, 0.1) is 0 Å². The van der Waals surface area contributed by atoms with Gasteiger partial charge in [-0.3, -0.25) is 14.4 Å². The van der Waals surface area contributed by atoms with E-state index in [0.717, 1.165) is 0 Å². The van der Waals surface area contributed by atoms with E-state index in [0.29, 0.717) is 12.8 Å². The Hall–Kier alpha value is 0.140. The summed E-state index contributed by atoms with van der Waals surface area (Å²) in [6, 6.07) is 1.86. The number of nitrogens with one attached hydrogen (secondary N) is 1. The molecule has 0 bridgehead atoms. The molecule has 0 saturated heterocycles. The summed E-state index contributed by atoms with van der Waals surface area (Å²) in [6.45, 7) is 0.308. The van der Waals surface area contributed by atoms with E-state index < -0.39 is 20.7 Å². The molecule has 0 saturated carbocycles. The first-order valence-electron chi connectivity index (χ1n) is 5.95. The number of nitrogens with zero attached hydrogens (tertiary/aromatic N) is 2. The van der Waals surface area contributed by atoms with Crippen molar-refractivity contribution in [2.24, 2.45) is 0 Å². The molecule has 10 nitrogen and oxygen atoms in total. The summed E-state index contributed by atoms with van der Waals surface area (Å²) in [4.78, 5) is 43.2. The molecule has 0 spiro atoms. The van der Waals surface area contributed by atoms with Gasteiger partial charge in [-0.2, -0.15) is 0 Å². The molecule has 0 aliphatic carbocycles. The van der Waals surface area contributed by atoms with Crippen LogP contribution in [0.5, 0.6) is 6.01 Å². The SMILES string of the molecule is O=P(O)(O)C(NCCCCOc1ncccn1)P(=O)(O)O.[Na]. The van der Waals surface area contributed by atoms with E-state index in [2.05, 4.69) is 15.3 Å². The third-order valence-corrected chi connectivity index (χ3v) is 5.75. The van der Waals surface area contributed by atoms with Crippen molar-refractivity contribution in [2.45, 2.75) is 18.4 Å². The van der Waals surface area contributed by atoms with Crippen LogP contribution >= 0.6 is 15.2 Å². The number of ether oxygens (including phenoxy) is 1. The van der Waals surface area contributed by atoms with Gasteiger partial charge in [0.05, 0.1) is 6.61 Å². The van der Waals surface area contributed by atoms with Gasteiger partial charge >= 0.3 is 21.2 Å².